The molecule has 0 aromatic heterocycles. The number of carbonyl (C=O) groups is 2. The van der Waals surface area contributed by atoms with E-state index < -0.39 is 0 Å². The highest BCUT2D eigenvalue weighted by atomic mass is 16.5. The molecule has 5 heteroatoms. The summed E-state index contributed by atoms with van der Waals surface area (Å²) in [5.41, 5.74) is 3.08. The fourth-order valence-electron chi connectivity index (χ4n) is 3.39. The molecule has 0 bridgehead atoms. The van der Waals surface area contributed by atoms with Gasteiger partial charge in [0.15, 0.2) is 5.78 Å². The van der Waals surface area contributed by atoms with Crippen LogP contribution in [-0.4, -0.2) is 37.6 Å². The summed E-state index contributed by atoms with van der Waals surface area (Å²) in [6, 6.07) is 13.0. The normalized spacial score (nSPS) is 18.9. The molecule has 26 heavy (non-hydrogen) atoms. The highest BCUT2D eigenvalue weighted by molar-refractivity contribution is 6.00. The molecular formula is C21H21NO4. The molecule has 134 valence electrons. The van der Waals surface area contributed by atoms with Crippen molar-refractivity contribution in [1.82, 2.24) is 5.32 Å². The molecule has 0 saturated carbocycles. The van der Waals surface area contributed by atoms with E-state index in [2.05, 4.69) is 5.32 Å². The van der Waals surface area contributed by atoms with E-state index in [4.69, 9.17) is 9.47 Å². The smallest absolute Gasteiger partial charge is 0.251 e. The Balaban J connectivity index is 1.52. The third kappa shape index (κ3) is 3.48. The minimum atomic E-state index is -0.105. The number of ketones is 1. The lowest BCUT2D eigenvalue weighted by Gasteiger charge is -2.17. The van der Waals surface area contributed by atoms with Crippen LogP contribution in [0.25, 0.3) is 11.1 Å². The molecule has 1 amide bonds. The second-order valence-corrected chi connectivity index (χ2v) is 6.66. The van der Waals surface area contributed by atoms with Crippen molar-refractivity contribution >= 4 is 11.7 Å². The van der Waals surface area contributed by atoms with Gasteiger partial charge in [-0.3, -0.25) is 9.59 Å². The van der Waals surface area contributed by atoms with Crippen molar-refractivity contribution in [1.29, 1.82) is 0 Å². The third-order valence-corrected chi connectivity index (χ3v) is 4.84. The molecule has 4 rings (SSSR count). The van der Waals surface area contributed by atoms with E-state index >= 15 is 0 Å². The Morgan fingerprint density at radius 1 is 1.12 bits per heavy atom. The van der Waals surface area contributed by atoms with Crippen LogP contribution >= 0.6 is 0 Å². The van der Waals surface area contributed by atoms with Crippen LogP contribution in [0.2, 0.25) is 0 Å². The number of Topliss-reactive ketones (excluding diaryl/α,β-unsaturated/α-hetero) is 1. The van der Waals surface area contributed by atoms with Gasteiger partial charge in [0.05, 0.1) is 18.3 Å². The van der Waals surface area contributed by atoms with Gasteiger partial charge in [0.2, 0.25) is 0 Å². The molecule has 2 aliphatic rings. The van der Waals surface area contributed by atoms with E-state index in [-0.39, 0.29) is 17.8 Å². The summed E-state index contributed by atoms with van der Waals surface area (Å²) in [5, 5.41) is 2.94. The molecule has 1 atom stereocenters. The zero-order valence-electron chi connectivity index (χ0n) is 14.5. The Morgan fingerprint density at radius 3 is 2.85 bits per heavy atom. The lowest BCUT2D eigenvalue weighted by molar-refractivity contribution is 0.0857. The van der Waals surface area contributed by atoms with Crippen LogP contribution in [0.1, 0.15) is 40.0 Å². The topological polar surface area (TPSA) is 64.6 Å². The van der Waals surface area contributed by atoms with Gasteiger partial charge in [-0.15, -0.1) is 0 Å². The Hall–Kier alpha value is -2.66. The number of amides is 1. The maximum Gasteiger partial charge on any atom is 0.251 e. The van der Waals surface area contributed by atoms with E-state index in [1.54, 1.807) is 12.1 Å². The number of rotatable bonds is 4. The summed E-state index contributed by atoms with van der Waals surface area (Å²) < 4.78 is 11.2. The largest absolute Gasteiger partial charge is 0.492 e. The Bertz CT molecular complexity index is 840. The van der Waals surface area contributed by atoms with Crippen molar-refractivity contribution < 1.29 is 19.1 Å². The van der Waals surface area contributed by atoms with Gasteiger partial charge in [-0.05, 0) is 48.2 Å². The predicted octanol–water partition coefficient (Wildman–Crippen LogP) is 3.23. The van der Waals surface area contributed by atoms with Crippen LogP contribution in [0.4, 0.5) is 0 Å². The highest BCUT2D eigenvalue weighted by Gasteiger charge is 2.19. The van der Waals surface area contributed by atoms with Crippen LogP contribution in [0.3, 0.4) is 0 Å². The second kappa shape index (κ2) is 7.30. The average molecular weight is 351 g/mol. The van der Waals surface area contributed by atoms with Gasteiger partial charge in [-0.25, -0.2) is 0 Å². The first-order chi connectivity index (χ1) is 12.7. The maximum atomic E-state index is 12.4. The first-order valence-corrected chi connectivity index (χ1v) is 9.01. The van der Waals surface area contributed by atoms with E-state index in [1.807, 2.05) is 30.3 Å². The average Bonchev–Trinajstić information content (AvgIpc) is 3.20. The SMILES string of the molecule is O=C(NC[C@H]1CCCO1)c1cccc(-c2ccc3c(c2)OCCC3=O)c1. The fourth-order valence-corrected chi connectivity index (χ4v) is 3.39. The minimum absolute atomic E-state index is 0.105. The van der Waals surface area contributed by atoms with Crippen LogP contribution in [-0.2, 0) is 4.74 Å². The molecule has 0 spiro atoms. The quantitative estimate of drug-likeness (QED) is 0.918. The molecule has 2 aromatic rings. The summed E-state index contributed by atoms with van der Waals surface area (Å²) in [7, 11) is 0. The molecule has 1 fully saturated rings. The third-order valence-electron chi connectivity index (χ3n) is 4.84. The highest BCUT2D eigenvalue weighted by Crippen LogP contribution is 2.31. The molecule has 2 heterocycles. The lowest BCUT2D eigenvalue weighted by Crippen LogP contribution is -2.31. The van der Waals surface area contributed by atoms with Gasteiger partial charge in [-0.2, -0.15) is 0 Å². The molecule has 0 aliphatic carbocycles. The first-order valence-electron chi connectivity index (χ1n) is 9.01. The summed E-state index contributed by atoms with van der Waals surface area (Å²) in [5.74, 6) is 0.624. The van der Waals surface area contributed by atoms with Gasteiger partial charge < -0.3 is 14.8 Å². The van der Waals surface area contributed by atoms with Gasteiger partial charge in [0, 0.05) is 25.1 Å². The fraction of sp³-hybridized carbons (Fsp3) is 0.333. The molecule has 1 saturated heterocycles. The van der Waals surface area contributed by atoms with Gasteiger partial charge in [0.25, 0.3) is 5.91 Å². The van der Waals surface area contributed by atoms with Crippen molar-refractivity contribution in [3.05, 3.63) is 53.6 Å². The lowest BCUT2D eigenvalue weighted by atomic mass is 9.98. The summed E-state index contributed by atoms with van der Waals surface area (Å²) in [4.78, 5) is 24.3. The van der Waals surface area contributed by atoms with E-state index in [9.17, 15) is 9.59 Å². The van der Waals surface area contributed by atoms with Crippen LogP contribution in [0, 0.1) is 0 Å². The monoisotopic (exact) mass is 351 g/mol. The summed E-state index contributed by atoms with van der Waals surface area (Å²) in [6.45, 7) is 1.73. The van der Waals surface area contributed by atoms with Gasteiger partial charge in [0.1, 0.15) is 5.75 Å². The van der Waals surface area contributed by atoms with Gasteiger partial charge >= 0.3 is 0 Å². The Morgan fingerprint density at radius 2 is 2.00 bits per heavy atom. The zero-order valence-corrected chi connectivity index (χ0v) is 14.5. The number of carbonyl (C=O) groups excluding carboxylic acids is 2. The van der Waals surface area contributed by atoms with Crippen molar-refractivity contribution in [2.45, 2.75) is 25.4 Å². The first kappa shape index (κ1) is 16.8. The second-order valence-electron chi connectivity index (χ2n) is 6.66. The summed E-state index contributed by atoms with van der Waals surface area (Å²) >= 11 is 0. The van der Waals surface area contributed by atoms with Crippen molar-refractivity contribution in [3.63, 3.8) is 0 Å². The van der Waals surface area contributed by atoms with E-state index in [0.29, 0.717) is 36.4 Å². The van der Waals surface area contributed by atoms with Crippen molar-refractivity contribution in [2.75, 3.05) is 19.8 Å². The van der Waals surface area contributed by atoms with Crippen LogP contribution in [0.5, 0.6) is 5.75 Å². The molecule has 0 unspecified atom stereocenters. The number of nitrogens with one attached hydrogen (secondary N) is 1. The molecule has 1 N–H and O–H groups in total. The standard InChI is InChI=1S/C21H21NO4/c23-19-8-10-26-20-12-15(6-7-18(19)20)14-3-1-4-16(11-14)21(24)22-13-17-5-2-9-25-17/h1,3-4,6-7,11-12,17H,2,5,8-10,13H2,(H,22,24)/t17-/m1/s1. The van der Waals surface area contributed by atoms with Gasteiger partial charge in [-0.1, -0.05) is 18.2 Å². The molecule has 5 nitrogen and oxygen atoms in total. The predicted molar refractivity (Wildman–Crippen MR) is 97.6 cm³/mol. The maximum absolute atomic E-state index is 12.4. The molecule has 2 aromatic carbocycles. The Kier molecular flexibility index (Phi) is 4.71. The molecule has 2 aliphatic heterocycles. The van der Waals surface area contributed by atoms with E-state index in [0.717, 1.165) is 30.6 Å². The number of hydrogen-bond acceptors (Lipinski definition) is 4. The number of fused-ring (bicyclic) bond motifs is 1. The Labute approximate surface area is 152 Å². The van der Waals surface area contributed by atoms with Crippen LogP contribution < -0.4 is 10.1 Å². The number of ether oxygens (including phenoxy) is 2. The molecular weight excluding hydrogens is 330 g/mol. The van der Waals surface area contributed by atoms with Crippen LogP contribution in [0.15, 0.2) is 42.5 Å². The van der Waals surface area contributed by atoms with E-state index in [1.165, 1.54) is 0 Å². The zero-order chi connectivity index (χ0) is 17.9. The molecule has 0 radical (unpaired) electrons. The number of benzene rings is 2. The van der Waals surface area contributed by atoms with Crippen molar-refractivity contribution in [2.24, 2.45) is 0 Å². The summed E-state index contributed by atoms with van der Waals surface area (Å²) in [6.07, 6.45) is 2.59. The number of hydrogen-bond donors (Lipinski definition) is 1. The minimum Gasteiger partial charge on any atom is -0.492 e. The van der Waals surface area contributed by atoms with Crippen molar-refractivity contribution in [3.8, 4) is 16.9 Å².